The lowest BCUT2D eigenvalue weighted by atomic mass is 10.9. The van der Waals surface area contributed by atoms with Gasteiger partial charge in [0.15, 0.2) is 0 Å². The fourth-order valence-corrected chi connectivity index (χ4v) is 0.772. The summed E-state index contributed by atoms with van der Waals surface area (Å²) in [5.41, 5.74) is -1.24. The van der Waals surface area contributed by atoms with E-state index in [4.69, 9.17) is 0 Å². The Labute approximate surface area is 70.9 Å². The van der Waals surface area contributed by atoms with Crippen LogP contribution in [0.25, 0.3) is 0 Å². The van der Waals surface area contributed by atoms with Gasteiger partial charge in [-0.1, -0.05) is 0 Å². The maximum absolute atomic E-state index is 12.0. The molecule has 0 aliphatic heterocycles. The van der Waals surface area contributed by atoms with Gasteiger partial charge in [0.2, 0.25) is 0 Å². The molecular formula is C7H4F3NO2. The molecule has 70 valence electrons. The Bertz CT molecular complexity index is 318. The van der Waals surface area contributed by atoms with Crippen LogP contribution in [0.5, 0.6) is 0 Å². The minimum atomic E-state index is -4.45. The van der Waals surface area contributed by atoms with Crippen LogP contribution in [-0.2, 0) is 6.18 Å². The maximum Gasteiger partial charge on any atom is 0.416 e. The van der Waals surface area contributed by atoms with Crippen LogP contribution >= 0.6 is 0 Å². The molecule has 0 aliphatic carbocycles. The summed E-state index contributed by atoms with van der Waals surface area (Å²) in [5, 5.41) is 10.1. The zero-order chi connectivity index (χ0) is 10.1. The average molecular weight is 197 g/mol. The van der Waals surface area contributed by atoms with Crippen molar-refractivity contribution in [3.05, 3.63) is 39.9 Å². The van der Waals surface area contributed by atoms with Crippen LogP contribution in [0.3, 0.4) is 0 Å². The number of alkyl halides is 3. The van der Waals surface area contributed by atoms with E-state index in [1.165, 1.54) is 0 Å². The molecule has 0 saturated heterocycles. The van der Waals surface area contributed by atoms with Crippen LogP contribution in [0.4, 0.5) is 18.9 Å². The Morgan fingerprint density at radius 3 is 1.92 bits per heavy atom. The lowest BCUT2D eigenvalue weighted by Crippen LogP contribution is -2.04. The summed E-state index contributed by atoms with van der Waals surface area (Å²) in [5.74, 6) is 0. The van der Waals surface area contributed by atoms with Gasteiger partial charge in [-0.3, -0.25) is 10.1 Å². The van der Waals surface area contributed by atoms with Crippen molar-refractivity contribution >= 4 is 5.69 Å². The molecule has 1 aromatic rings. The van der Waals surface area contributed by atoms with Crippen molar-refractivity contribution < 1.29 is 18.1 Å². The van der Waals surface area contributed by atoms with Crippen LogP contribution in [0.15, 0.2) is 24.3 Å². The third-order valence-corrected chi connectivity index (χ3v) is 1.41. The lowest BCUT2D eigenvalue weighted by Gasteiger charge is -2.04. The van der Waals surface area contributed by atoms with Crippen LogP contribution in [-0.4, -0.2) is 4.92 Å². The zero-order valence-electron chi connectivity index (χ0n) is 6.21. The van der Waals surface area contributed by atoms with Crippen LogP contribution in [0.1, 0.15) is 5.56 Å². The molecule has 0 bridgehead atoms. The van der Waals surface area contributed by atoms with Gasteiger partial charge in [0.1, 0.15) is 0 Å². The highest BCUT2D eigenvalue weighted by Crippen LogP contribution is 2.29. The molecule has 0 aliphatic rings. The molecule has 0 atom stereocenters. The van der Waals surface area contributed by atoms with Gasteiger partial charge in [-0.05, 0) is 12.1 Å². The van der Waals surface area contributed by atoms with Gasteiger partial charge in [0, 0.05) is 12.1 Å². The fourth-order valence-electron chi connectivity index (χ4n) is 0.772. The normalized spacial score (nSPS) is 11.3. The number of hydrogen-bond donors (Lipinski definition) is 0. The Balaban J connectivity index is 3.01. The van der Waals surface area contributed by atoms with E-state index in [0.717, 1.165) is 12.1 Å². The number of hydrogen-bond acceptors (Lipinski definition) is 2. The van der Waals surface area contributed by atoms with E-state index in [1.54, 1.807) is 0 Å². The molecule has 0 radical (unpaired) electrons. The van der Waals surface area contributed by atoms with Gasteiger partial charge in [-0.25, -0.2) is 0 Å². The monoisotopic (exact) mass is 197 g/mol. The van der Waals surface area contributed by atoms with Crippen molar-refractivity contribution in [3.8, 4) is 0 Å². The summed E-state index contributed by atoms with van der Waals surface area (Å²) in [6.45, 7) is 0. The van der Waals surface area contributed by atoms with Crippen molar-refractivity contribution in [2.75, 3.05) is 0 Å². The standard InChI is InChI=1S/C7H4F3NO2/c8-7(9,10)5-1-3-6(4-2-5)11(12)13/h1-4H/i1+1,2+1,3+1,4+1,5+1,6+1. The van der Waals surface area contributed by atoms with Crippen molar-refractivity contribution in [2.24, 2.45) is 0 Å². The van der Waals surface area contributed by atoms with E-state index in [-0.39, 0.29) is 5.69 Å². The number of nitrogens with zero attached hydrogens (tertiary/aromatic N) is 1. The van der Waals surface area contributed by atoms with Crippen molar-refractivity contribution in [1.82, 2.24) is 0 Å². The molecule has 0 aromatic heterocycles. The highest BCUT2D eigenvalue weighted by atomic mass is 19.4. The van der Waals surface area contributed by atoms with E-state index in [1.807, 2.05) is 0 Å². The van der Waals surface area contributed by atoms with Crippen molar-refractivity contribution in [1.29, 1.82) is 0 Å². The summed E-state index contributed by atoms with van der Waals surface area (Å²) in [4.78, 5) is 9.34. The molecule has 6 heteroatoms. The molecule has 1 aromatic carbocycles. The number of nitro groups is 1. The zero-order valence-corrected chi connectivity index (χ0v) is 6.21. The second-order valence-corrected chi connectivity index (χ2v) is 2.30. The minimum absolute atomic E-state index is 0.354. The smallest absolute Gasteiger partial charge is 0.258 e. The van der Waals surface area contributed by atoms with E-state index in [2.05, 4.69) is 0 Å². The predicted octanol–water partition coefficient (Wildman–Crippen LogP) is 2.61. The number of halogens is 3. The maximum atomic E-state index is 12.0. The second kappa shape index (κ2) is 3.04. The largest absolute Gasteiger partial charge is 0.416 e. The first-order valence-electron chi connectivity index (χ1n) is 3.23. The molecule has 0 unspecified atom stereocenters. The first-order valence-corrected chi connectivity index (χ1v) is 3.23. The second-order valence-electron chi connectivity index (χ2n) is 2.30. The van der Waals surface area contributed by atoms with Crippen molar-refractivity contribution in [3.63, 3.8) is 0 Å². The van der Waals surface area contributed by atoms with Crippen LogP contribution in [0, 0.1) is 10.1 Å². The molecule has 0 heterocycles. The van der Waals surface area contributed by atoms with Gasteiger partial charge >= 0.3 is 6.18 Å². The SMILES string of the molecule is O=[N+]([O-])[13c]1[13cH][13cH][13c](C(F)(F)F)[13cH][13cH]1. The summed E-state index contributed by atoms with van der Waals surface area (Å²) < 4.78 is 35.9. The van der Waals surface area contributed by atoms with Crippen LogP contribution < -0.4 is 0 Å². The molecule has 0 amide bonds. The van der Waals surface area contributed by atoms with E-state index in [9.17, 15) is 23.3 Å². The minimum Gasteiger partial charge on any atom is -0.258 e. The molecule has 0 spiro atoms. The molecule has 0 fully saturated rings. The first kappa shape index (κ1) is 9.50. The van der Waals surface area contributed by atoms with E-state index >= 15 is 0 Å². The van der Waals surface area contributed by atoms with Crippen molar-refractivity contribution in [2.45, 2.75) is 6.18 Å². The van der Waals surface area contributed by atoms with Crippen LogP contribution in [0.2, 0.25) is 0 Å². The molecule has 3 nitrogen and oxygen atoms in total. The summed E-state index contributed by atoms with van der Waals surface area (Å²) in [6, 6.07) is 3.00. The first-order chi connectivity index (χ1) is 5.91. The van der Waals surface area contributed by atoms with E-state index in [0.29, 0.717) is 12.1 Å². The molecule has 13 heavy (non-hydrogen) atoms. The van der Waals surface area contributed by atoms with Gasteiger partial charge in [0.05, 0.1) is 10.5 Å². The Kier molecular flexibility index (Phi) is 2.22. The summed E-state index contributed by atoms with van der Waals surface area (Å²) >= 11 is 0. The number of benzene rings is 1. The topological polar surface area (TPSA) is 43.1 Å². The predicted molar refractivity (Wildman–Crippen MR) is 38.1 cm³/mol. The Morgan fingerprint density at radius 1 is 1.15 bits per heavy atom. The number of non-ortho nitro benzene ring substituents is 1. The molecule has 0 N–H and O–H groups in total. The van der Waals surface area contributed by atoms with Gasteiger partial charge in [-0.2, -0.15) is 13.2 Å². The highest BCUT2D eigenvalue weighted by Gasteiger charge is 2.30. The number of rotatable bonds is 1. The lowest BCUT2D eigenvalue weighted by molar-refractivity contribution is -0.384. The summed E-state index contributed by atoms with van der Waals surface area (Å²) in [6.07, 6.45) is -4.45. The van der Waals surface area contributed by atoms with Gasteiger partial charge < -0.3 is 0 Å². The fraction of sp³-hybridized carbons (Fsp3) is 0.143. The quantitative estimate of drug-likeness (QED) is 0.512. The average Bonchev–Trinajstić information content (AvgIpc) is 2.03. The van der Waals surface area contributed by atoms with Gasteiger partial charge in [-0.15, -0.1) is 0 Å². The number of nitro benzene ring substituents is 1. The molecular weight excluding hydrogens is 193 g/mol. The molecule has 1 rings (SSSR count). The van der Waals surface area contributed by atoms with E-state index < -0.39 is 16.7 Å². The van der Waals surface area contributed by atoms with Gasteiger partial charge in [0.25, 0.3) is 5.69 Å². The third-order valence-electron chi connectivity index (χ3n) is 1.41. The Morgan fingerprint density at radius 2 is 1.62 bits per heavy atom. The summed E-state index contributed by atoms with van der Waals surface area (Å²) in [7, 11) is 0. The Hall–Kier alpha value is -1.59. The highest BCUT2D eigenvalue weighted by molar-refractivity contribution is 5.33. The third kappa shape index (κ3) is 2.17. The molecule has 0 saturated carbocycles.